The molecule has 0 atom stereocenters. The highest BCUT2D eigenvalue weighted by molar-refractivity contribution is 7.85. The third-order valence-corrected chi connectivity index (χ3v) is 10.4. The number of rotatable bonds is 11. The van der Waals surface area contributed by atoms with E-state index < -0.39 is 32.0 Å². The van der Waals surface area contributed by atoms with Crippen LogP contribution in [-0.2, 0) is 28.4 Å². The van der Waals surface area contributed by atoms with Gasteiger partial charge < -0.3 is 19.9 Å². The van der Waals surface area contributed by atoms with E-state index in [0.29, 0.717) is 27.6 Å². The predicted molar refractivity (Wildman–Crippen MR) is 209 cm³/mol. The fourth-order valence-electron chi connectivity index (χ4n) is 7.02. The van der Waals surface area contributed by atoms with Gasteiger partial charge in [0.1, 0.15) is 5.82 Å². The maximum Gasteiger partial charge on any atom is 0.349 e. The number of fused-ring (bicyclic) bond motifs is 2. The molecule has 0 radical (unpaired) electrons. The van der Waals surface area contributed by atoms with Gasteiger partial charge in [-0.15, -0.1) is 0 Å². The first-order valence-electron chi connectivity index (χ1n) is 17.2. The first-order valence-corrected chi connectivity index (χ1v) is 18.6. The van der Waals surface area contributed by atoms with Crippen molar-refractivity contribution >= 4 is 62.1 Å². The van der Waals surface area contributed by atoms with Gasteiger partial charge in [-0.25, -0.2) is 4.79 Å². The van der Waals surface area contributed by atoms with E-state index in [1.165, 1.54) is 29.8 Å². The number of carbonyl (C=O) groups excluding carboxylic acids is 3. The van der Waals surface area contributed by atoms with E-state index in [4.69, 9.17) is 4.74 Å². The van der Waals surface area contributed by atoms with E-state index in [1.54, 1.807) is 84.9 Å². The van der Waals surface area contributed by atoms with Gasteiger partial charge in [0.2, 0.25) is 5.95 Å². The minimum absolute atomic E-state index is 0.0115. The van der Waals surface area contributed by atoms with Crippen LogP contribution in [0.25, 0.3) is 22.0 Å². The number of hydrogen-bond donors (Lipinski definition) is 4. The Kier molecular flexibility index (Phi) is 9.11. The fourth-order valence-corrected chi connectivity index (χ4v) is 7.72. The minimum Gasteiger partial charge on any atom is -0.427 e. The lowest BCUT2D eigenvalue weighted by Crippen LogP contribution is -2.29. The molecule has 8 rings (SSSR count). The van der Waals surface area contributed by atoms with Gasteiger partial charge in [-0.3, -0.25) is 28.7 Å². The van der Waals surface area contributed by atoms with Crippen LogP contribution in [0.4, 0.5) is 23.0 Å². The average Bonchev–Trinajstić information content (AvgIpc) is 3.19. The number of pyridine rings is 1. The number of nitrogens with one attached hydrogen (secondary N) is 3. The van der Waals surface area contributed by atoms with Crippen LogP contribution in [0, 0.1) is 0 Å². The van der Waals surface area contributed by atoms with Crippen molar-refractivity contribution < 1.29 is 32.1 Å². The van der Waals surface area contributed by atoms with Crippen LogP contribution in [0.3, 0.4) is 0 Å². The summed E-state index contributed by atoms with van der Waals surface area (Å²) in [5.41, 5.74) is 1.28. The van der Waals surface area contributed by atoms with Crippen molar-refractivity contribution in [2.75, 3.05) is 10.6 Å². The Hall–Kier alpha value is -7.56. The molecule has 4 N–H and O–H groups in total. The van der Waals surface area contributed by atoms with Crippen molar-refractivity contribution in [2.24, 2.45) is 7.05 Å². The predicted octanol–water partition coefficient (Wildman–Crippen LogP) is 5.32. The zero-order chi connectivity index (χ0) is 40.0. The molecule has 2 aromatic heterocycles. The van der Waals surface area contributed by atoms with Gasteiger partial charge in [0, 0.05) is 41.2 Å². The third-order valence-electron chi connectivity index (χ3n) is 9.48. The summed E-state index contributed by atoms with van der Waals surface area (Å²) in [7, 11) is -3.27. The van der Waals surface area contributed by atoms with Crippen molar-refractivity contribution in [1.29, 1.82) is 0 Å². The molecule has 7 aromatic rings. The van der Waals surface area contributed by atoms with Crippen molar-refractivity contribution in [2.45, 2.75) is 11.3 Å². The Labute approximate surface area is 322 Å². The first kappa shape index (κ1) is 36.4. The third kappa shape index (κ3) is 6.64. The van der Waals surface area contributed by atoms with Gasteiger partial charge in [0.25, 0.3) is 22.1 Å². The highest BCUT2D eigenvalue weighted by Crippen LogP contribution is 2.44. The molecule has 0 spiro atoms. The van der Waals surface area contributed by atoms with Gasteiger partial charge in [0.05, 0.1) is 32.9 Å². The van der Waals surface area contributed by atoms with E-state index in [2.05, 4.69) is 25.6 Å². The number of aromatic nitrogens is 4. The highest BCUT2D eigenvalue weighted by Gasteiger charge is 2.34. The molecule has 282 valence electrons. The van der Waals surface area contributed by atoms with E-state index >= 15 is 0 Å². The summed E-state index contributed by atoms with van der Waals surface area (Å²) in [6.45, 7) is 0.232. The Morgan fingerprint density at radius 3 is 2.32 bits per heavy atom. The molecule has 16 heteroatoms. The standard InChI is InChI=1S/C41H28N6O9S/c1-47-29-17-16-28(34-35(29)33(25-11-5-6-12-26(25)38(34)50)36(39(47)51)37(49)22-9-3-2-4-10-22)42-24-15-18-31(57(53,54)55)23(19-24)20-32-44-40(46-41(52)45-32)43-27-13-7-8-14-30(27)56-21-48/h2-19,21,42H,20H2,1H3,(H,53,54,55)(H2,43,44,45,46,52). The van der Waals surface area contributed by atoms with E-state index in [9.17, 15) is 36.9 Å². The van der Waals surface area contributed by atoms with Crippen molar-refractivity contribution in [3.63, 3.8) is 0 Å². The number of carbonyl (C=O) groups is 3. The quantitative estimate of drug-likeness (QED) is 0.0743. The molecule has 0 saturated heterocycles. The molecule has 57 heavy (non-hydrogen) atoms. The SMILES string of the molecule is Cn1c(=O)c(C(=O)c2ccccc2)c2c3c(c(Nc4ccc(S(=O)(=O)O)c(Cc5nc(Nc6ccccc6OC=O)nc(=O)[nH]5)c4)ccc31)C(=O)c1ccccc1-2. The monoisotopic (exact) mass is 780 g/mol. The molecule has 15 nitrogen and oxygen atoms in total. The lowest BCUT2D eigenvalue weighted by Gasteiger charge is -2.25. The number of para-hydroxylation sites is 2. The molecule has 0 fully saturated rings. The van der Waals surface area contributed by atoms with Crippen molar-refractivity contribution in [3.05, 3.63) is 164 Å². The summed E-state index contributed by atoms with van der Waals surface area (Å²) in [6.07, 6.45) is -0.322. The lowest BCUT2D eigenvalue weighted by atomic mass is 9.80. The number of aromatic amines is 1. The van der Waals surface area contributed by atoms with Gasteiger partial charge in [-0.1, -0.05) is 66.7 Å². The molecule has 2 heterocycles. The second-order valence-electron chi connectivity index (χ2n) is 12.9. The molecule has 0 aliphatic heterocycles. The number of ketones is 2. The van der Waals surface area contributed by atoms with Crippen molar-refractivity contribution in [1.82, 2.24) is 19.5 Å². The Morgan fingerprint density at radius 1 is 0.842 bits per heavy atom. The Morgan fingerprint density at radius 2 is 1.56 bits per heavy atom. The minimum atomic E-state index is -4.80. The fraction of sp³-hybridized carbons (Fsp3) is 0.0488. The van der Waals surface area contributed by atoms with Crippen LogP contribution in [0.2, 0.25) is 0 Å². The van der Waals surface area contributed by atoms with Crippen LogP contribution < -0.4 is 26.6 Å². The normalized spacial score (nSPS) is 11.9. The van der Waals surface area contributed by atoms with Crippen molar-refractivity contribution in [3.8, 4) is 16.9 Å². The van der Waals surface area contributed by atoms with Crippen LogP contribution in [0.1, 0.15) is 43.2 Å². The number of H-pyrrole nitrogens is 1. The Bertz CT molecular complexity index is 3070. The molecular formula is C41H28N6O9S. The number of hydrogen-bond acceptors (Lipinski definition) is 12. The molecule has 1 aliphatic carbocycles. The summed E-state index contributed by atoms with van der Waals surface area (Å²) in [4.78, 5) is 76.2. The zero-order valence-electron chi connectivity index (χ0n) is 29.6. The molecule has 0 unspecified atom stereocenters. The summed E-state index contributed by atoms with van der Waals surface area (Å²) in [6, 6.07) is 28.6. The Balaban J connectivity index is 1.24. The summed E-state index contributed by atoms with van der Waals surface area (Å²) in [5, 5.41) is 6.38. The molecule has 1 aliphatic rings. The molecular weight excluding hydrogens is 753 g/mol. The zero-order valence-corrected chi connectivity index (χ0v) is 30.5. The number of nitrogens with zero attached hydrogens (tertiary/aromatic N) is 3. The van der Waals surface area contributed by atoms with Gasteiger partial charge in [0.15, 0.2) is 17.3 Å². The summed E-state index contributed by atoms with van der Waals surface area (Å²) < 4.78 is 41.6. The molecule has 0 amide bonds. The first-order chi connectivity index (χ1) is 27.4. The topological polar surface area (TPSA) is 220 Å². The van der Waals surface area contributed by atoms with Crippen LogP contribution in [0.5, 0.6) is 5.75 Å². The van der Waals surface area contributed by atoms with E-state index in [0.717, 1.165) is 6.07 Å². The second-order valence-corrected chi connectivity index (χ2v) is 14.3. The number of benzene rings is 5. The van der Waals surface area contributed by atoms with E-state index in [1.807, 2.05) is 0 Å². The largest absolute Gasteiger partial charge is 0.427 e. The smallest absolute Gasteiger partial charge is 0.349 e. The van der Waals surface area contributed by atoms with Crippen LogP contribution in [-0.4, -0.2) is 50.5 Å². The van der Waals surface area contributed by atoms with Gasteiger partial charge in [-0.2, -0.15) is 18.4 Å². The molecule has 0 saturated carbocycles. The highest BCUT2D eigenvalue weighted by atomic mass is 32.2. The average molecular weight is 781 g/mol. The summed E-state index contributed by atoms with van der Waals surface area (Å²) in [5.74, 6) is -0.985. The molecule has 5 aromatic carbocycles. The number of anilines is 4. The maximum absolute atomic E-state index is 14.4. The van der Waals surface area contributed by atoms with Gasteiger partial charge in [-0.05, 0) is 53.6 Å². The van der Waals surface area contributed by atoms with Crippen LogP contribution in [0.15, 0.2) is 124 Å². The van der Waals surface area contributed by atoms with Gasteiger partial charge >= 0.3 is 5.69 Å². The second kappa shape index (κ2) is 14.3. The summed E-state index contributed by atoms with van der Waals surface area (Å²) >= 11 is 0. The van der Waals surface area contributed by atoms with E-state index in [-0.39, 0.29) is 75.5 Å². The molecule has 0 bridgehead atoms. The lowest BCUT2D eigenvalue weighted by molar-refractivity contribution is -0.120. The van der Waals surface area contributed by atoms with Crippen LogP contribution >= 0.6 is 0 Å². The maximum atomic E-state index is 14.4. The number of ether oxygens (including phenoxy) is 1. The number of aryl methyl sites for hydroxylation is 1.